The van der Waals surface area contributed by atoms with Crippen LogP contribution in [0.3, 0.4) is 0 Å². The molecule has 0 bridgehead atoms. The number of nitrogens with zero attached hydrogens (tertiary/aromatic N) is 2. The molecule has 0 fully saturated rings. The fourth-order valence-electron chi connectivity index (χ4n) is 2.67. The van der Waals surface area contributed by atoms with Crippen LogP contribution in [-0.4, -0.2) is 16.1 Å². The molecule has 0 aliphatic carbocycles. The summed E-state index contributed by atoms with van der Waals surface area (Å²) in [5.41, 5.74) is 9.77. The Labute approximate surface area is 121 Å². The van der Waals surface area contributed by atoms with Crippen LogP contribution in [0.2, 0.25) is 0 Å². The minimum Gasteiger partial charge on any atom is -0.330 e. The molecular formula is C17H25N3. The minimum atomic E-state index is 0.279. The van der Waals surface area contributed by atoms with Crippen molar-refractivity contribution in [2.24, 2.45) is 11.7 Å². The Balaban J connectivity index is 2.33. The standard InChI is InChI=1S/C17H25N3/c1-12(2)16(9-18)17-10-19-11-20(17)14(4)15-7-5-13(3)6-8-15/h5-8,10-12,14,16H,9,18H2,1-4H3. The van der Waals surface area contributed by atoms with E-state index in [0.29, 0.717) is 18.4 Å². The Hall–Kier alpha value is -1.61. The van der Waals surface area contributed by atoms with Crippen LogP contribution in [0.25, 0.3) is 0 Å². The maximum atomic E-state index is 5.95. The molecule has 0 aliphatic rings. The lowest BCUT2D eigenvalue weighted by atomic mass is 9.92. The molecule has 1 aromatic carbocycles. The molecule has 0 spiro atoms. The highest BCUT2D eigenvalue weighted by Gasteiger charge is 2.21. The highest BCUT2D eigenvalue weighted by atomic mass is 15.1. The van der Waals surface area contributed by atoms with E-state index in [4.69, 9.17) is 5.73 Å². The Bertz CT molecular complexity index is 540. The van der Waals surface area contributed by atoms with Gasteiger partial charge in [-0.1, -0.05) is 43.7 Å². The summed E-state index contributed by atoms with van der Waals surface area (Å²) in [6, 6.07) is 8.98. The molecule has 2 unspecified atom stereocenters. The van der Waals surface area contributed by atoms with Crippen molar-refractivity contribution in [2.45, 2.75) is 39.7 Å². The van der Waals surface area contributed by atoms with E-state index < -0.39 is 0 Å². The SMILES string of the molecule is Cc1ccc(C(C)n2cncc2C(CN)C(C)C)cc1. The van der Waals surface area contributed by atoms with Crippen molar-refractivity contribution in [3.05, 3.63) is 53.6 Å². The molecule has 3 nitrogen and oxygen atoms in total. The van der Waals surface area contributed by atoms with Gasteiger partial charge in [0.2, 0.25) is 0 Å². The summed E-state index contributed by atoms with van der Waals surface area (Å²) >= 11 is 0. The van der Waals surface area contributed by atoms with Crippen molar-refractivity contribution in [1.82, 2.24) is 9.55 Å². The average Bonchev–Trinajstić information content (AvgIpc) is 2.88. The first-order chi connectivity index (χ1) is 9.54. The molecule has 108 valence electrons. The molecule has 20 heavy (non-hydrogen) atoms. The van der Waals surface area contributed by atoms with Gasteiger partial charge in [-0.25, -0.2) is 4.98 Å². The first-order valence-electron chi connectivity index (χ1n) is 7.33. The summed E-state index contributed by atoms with van der Waals surface area (Å²) in [6.45, 7) is 9.41. The van der Waals surface area contributed by atoms with Crippen molar-refractivity contribution < 1.29 is 0 Å². The van der Waals surface area contributed by atoms with E-state index in [9.17, 15) is 0 Å². The molecule has 0 saturated heterocycles. The van der Waals surface area contributed by atoms with Gasteiger partial charge in [-0.05, 0) is 25.3 Å². The van der Waals surface area contributed by atoms with Gasteiger partial charge in [0.05, 0.1) is 12.4 Å². The van der Waals surface area contributed by atoms with Crippen LogP contribution in [0, 0.1) is 12.8 Å². The lowest BCUT2D eigenvalue weighted by Crippen LogP contribution is -2.22. The molecule has 0 saturated carbocycles. The van der Waals surface area contributed by atoms with E-state index in [1.165, 1.54) is 16.8 Å². The summed E-state index contributed by atoms with van der Waals surface area (Å²) in [4.78, 5) is 4.34. The third kappa shape index (κ3) is 2.93. The monoisotopic (exact) mass is 271 g/mol. The van der Waals surface area contributed by atoms with E-state index in [2.05, 4.69) is 61.5 Å². The van der Waals surface area contributed by atoms with Crippen molar-refractivity contribution in [1.29, 1.82) is 0 Å². The van der Waals surface area contributed by atoms with Crippen LogP contribution in [-0.2, 0) is 0 Å². The van der Waals surface area contributed by atoms with Crippen molar-refractivity contribution in [3.63, 3.8) is 0 Å². The summed E-state index contributed by atoms with van der Waals surface area (Å²) < 4.78 is 2.25. The first-order valence-corrected chi connectivity index (χ1v) is 7.33. The van der Waals surface area contributed by atoms with Crippen molar-refractivity contribution in [2.75, 3.05) is 6.54 Å². The van der Waals surface area contributed by atoms with Gasteiger partial charge in [0.15, 0.2) is 0 Å². The zero-order valence-corrected chi connectivity index (χ0v) is 12.9. The number of aryl methyl sites for hydroxylation is 1. The normalized spacial score (nSPS) is 14.5. The number of hydrogen-bond donors (Lipinski definition) is 1. The number of hydrogen-bond acceptors (Lipinski definition) is 2. The van der Waals surface area contributed by atoms with Crippen LogP contribution in [0.5, 0.6) is 0 Å². The predicted molar refractivity (Wildman–Crippen MR) is 83.9 cm³/mol. The molecule has 2 rings (SSSR count). The number of rotatable bonds is 5. The molecule has 2 aromatic rings. The Kier molecular flexibility index (Phi) is 4.61. The fraction of sp³-hybridized carbons (Fsp3) is 0.471. The Morgan fingerprint density at radius 1 is 1.15 bits per heavy atom. The van der Waals surface area contributed by atoms with Gasteiger partial charge < -0.3 is 10.3 Å². The maximum absolute atomic E-state index is 5.95. The quantitative estimate of drug-likeness (QED) is 0.904. The van der Waals surface area contributed by atoms with Crippen molar-refractivity contribution in [3.8, 4) is 0 Å². The molecule has 2 atom stereocenters. The second kappa shape index (κ2) is 6.23. The van der Waals surface area contributed by atoms with Crippen LogP contribution in [0.1, 0.15) is 49.6 Å². The van der Waals surface area contributed by atoms with Gasteiger partial charge in [-0.3, -0.25) is 0 Å². The van der Waals surface area contributed by atoms with E-state index in [1.807, 2.05) is 12.5 Å². The molecule has 0 amide bonds. The van der Waals surface area contributed by atoms with E-state index in [0.717, 1.165) is 0 Å². The smallest absolute Gasteiger partial charge is 0.0953 e. The van der Waals surface area contributed by atoms with Gasteiger partial charge in [0, 0.05) is 24.4 Å². The number of aromatic nitrogens is 2. The third-order valence-corrected chi connectivity index (χ3v) is 4.11. The molecule has 1 heterocycles. The van der Waals surface area contributed by atoms with Gasteiger partial charge >= 0.3 is 0 Å². The van der Waals surface area contributed by atoms with Crippen LogP contribution >= 0.6 is 0 Å². The zero-order valence-electron chi connectivity index (χ0n) is 12.9. The largest absolute Gasteiger partial charge is 0.330 e. The van der Waals surface area contributed by atoms with Gasteiger partial charge in [0.1, 0.15) is 0 Å². The summed E-state index contributed by atoms with van der Waals surface area (Å²) in [5, 5.41) is 0. The van der Waals surface area contributed by atoms with E-state index in [1.54, 1.807) is 0 Å². The average molecular weight is 271 g/mol. The number of imidazole rings is 1. The van der Waals surface area contributed by atoms with Gasteiger partial charge in [-0.2, -0.15) is 0 Å². The fourth-order valence-corrected chi connectivity index (χ4v) is 2.67. The maximum Gasteiger partial charge on any atom is 0.0953 e. The molecule has 0 radical (unpaired) electrons. The van der Waals surface area contributed by atoms with Crippen molar-refractivity contribution >= 4 is 0 Å². The summed E-state index contributed by atoms with van der Waals surface area (Å²) in [5.74, 6) is 0.867. The van der Waals surface area contributed by atoms with Gasteiger partial charge in [-0.15, -0.1) is 0 Å². The van der Waals surface area contributed by atoms with Crippen LogP contribution < -0.4 is 5.73 Å². The summed E-state index contributed by atoms with van der Waals surface area (Å²) in [7, 11) is 0. The zero-order chi connectivity index (χ0) is 14.7. The molecule has 2 N–H and O–H groups in total. The topological polar surface area (TPSA) is 43.8 Å². The highest BCUT2D eigenvalue weighted by molar-refractivity contribution is 5.25. The van der Waals surface area contributed by atoms with Crippen LogP contribution in [0.4, 0.5) is 0 Å². The first kappa shape index (κ1) is 14.8. The predicted octanol–water partition coefficient (Wildman–Crippen LogP) is 3.50. The van der Waals surface area contributed by atoms with E-state index >= 15 is 0 Å². The third-order valence-electron chi connectivity index (χ3n) is 4.11. The lowest BCUT2D eigenvalue weighted by molar-refractivity contribution is 0.463. The highest BCUT2D eigenvalue weighted by Crippen LogP contribution is 2.28. The number of benzene rings is 1. The van der Waals surface area contributed by atoms with Gasteiger partial charge in [0.25, 0.3) is 0 Å². The number of nitrogens with two attached hydrogens (primary N) is 1. The van der Waals surface area contributed by atoms with E-state index in [-0.39, 0.29) is 6.04 Å². The molecule has 0 aliphatic heterocycles. The second-order valence-electron chi connectivity index (χ2n) is 5.90. The Morgan fingerprint density at radius 3 is 2.35 bits per heavy atom. The summed E-state index contributed by atoms with van der Waals surface area (Å²) in [6.07, 6.45) is 3.88. The second-order valence-corrected chi connectivity index (χ2v) is 5.90. The molecule has 1 aromatic heterocycles. The molecule has 3 heteroatoms. The minimum absolute atomic E-state index is 0.279. The lowest BCUT2D eigenvalue weighted by Gasteiger charge is -2.24. The van der Waals surface area contributed by atoms with Crippen LogP contribution in [0.15, 0.2) is 36.8 Å². The Morgan fingerprint density at radius 2 is 1.80 bits per heavy atom. The molecular weight excluding hydrogens is 246 g/mol.